The average molecular weight is 436 g/mol. The van der Waals surface area contributed by atoms with Gasteiger partial charge in [-0.15, -0.1) is 0 Å². The Morgan fingerprint density at radius 3 is 2.61 bits per heavy atom. The van der Waals surface area contributed by atoms with E-state index in [4.69, 9.17) is 21.3 Å². The molecular formula is C22H22ClN7O. The maximum Gasteiger partial charge on any atom is 0.233 e. The third-order valence-electron chi connectivity index (χ3n) is 5.27. The molecule has 0 bridgehead atoms. The van der Waals surface area contributed by atoms with Crippen molar-refractivity contribution in [3.8, 4) is 0 Å². The largest absolute Gasteiger partial charge is 0.378 e. The van der Waals surface area contributed by atoms with Crippen molar-refractivity contribution < 1.29 is 4.74 Å². The number of hydrogen-bond acceptors (Lipinski definition) is 7. The number of rotatable bonds is 5. The fourth-order valence-corrected chi connectivity index (χ4v) is 3.87. The Balaban J connectivity index is 1.44. The van der Waals surface area contributed by atoms with Gasteiger partial charge in [0.05, 0.1) is 24.2 Å². The molecule has 0 spiro atoms. The highest BCUT2D eigenvalue weighted by atomic mass is 35.5. The number of ether oxygens (including phenoxy) is 1. The van der Waals surface area contributed by atoms with E-state index in [2.05, 4.69) is 43.0 Å². The molecule has 158 valence electrons. The highest BCUT2D eigenvalue weighted by Gasteiger charge is 2.16. The van der Waals surface area contributed by atoms with E-state index in [0.717, 1.165) is 42.2 Å². The summed E-state index contributed by atoms with van der Waals surface area (Å²) in [5.74, 6) is 1.93. The monoisotopic (exact) mass is 435 g/mol. The van der Waals surface area contributed by atoms with Crippen molar-refractivity contribution in [2.24, 2.45) is 0 Å². The van der Waals surface area contributed by atoms with Crippen LogP contribution in [0.1, 0.15) is 11.4 Å². The zero-order valence-electron chi connectivity index (χ0n) is 17.1. The molecule has 1 aliphatic heterocycles. The van der Waals surface area contributed by atoms with Gasteiger partial charge in [0.15, 0.2) is 0 Å². The molecule has 0 saturated carbocycles. The van der Waals surface area contributed by atoms with Crippen molar-refractivity contribution in [3.63, 3.8) is 0 Å². The Kier molecular flexibility index (Phi) is 5.40. The number of nitrogens with one attached hydrogen (secondary N) is 1. The zero-order valence-corrected chi connectivity index (χ0v) is 17.9. The predicted molar refractivity (Wildman–Crippen MR) is 121 cm³/mol. The normalized spacial score (nSPS) is 14.2. The van der Waals surface area contributed by atoms with Crippen molar-refractivity contribution in [1.29, 1.82) is 0 Å². The Hall–Kier alpha value is -3.23. The number of hydrogen-bond donors (Lipinski definition) is 1. The van der Waals surface area contributed by atoms with Crippen molar-refractivity contribution in [1.82, 2.24) is 24.5 Å². The lowest BCUT2D eigenvalue weighted by Gasteiger charge is -2.26. The van der Waals surface area contributed by atoms with Crippen LogP contribution in [-0.2, 0) is 11.3 Å². The Labute approximate surface area is 184 Å². The van der Waals surface area contributed by atoms with E-state index in [1.54, 1.807) is 0 Å². The average Bonchev–Trinajstić information content (AvgIpc) is 3.09. The van der Waals surface area contributed by atoms with Crippen LogP contribution >= 0.6 is 11.6 Å². The van der Waals surface area contributed by atoms with E-state index in [-0.39, 0.29) is 5.28 Å². The number of anilines is 3. The molecule has 1 saturated heterocycles. The SMILES string of the molecule is Cc1nc2ccc(Nc3nc(Cl)nc(N4CCOCC4)n3)cc2n1Cc1ccccc1. The Bertz CT molecular complexity index is 1210. The van der Waals surface area contributed by atoms with Crippen LogP contribution in [-0.4, -0.2) is 50.8 Å². The highest BCUT2D eigenvalue weighted by Crippen LogP contribution is 2.24. The van der Waals surface area contributed by atoms with Gasteiger partial charge in [0.25, 0.3) is 0 Å². The molecule has 0 aliphatic carbocycles. The van der Waals surface area contributed by atoms with E-state index >= 15 is 0 Å². The fraction of sp³-hybridized carbons (Fsp3) is 0.273. The van der Waals surface area contributed by atoms with Gasteiger partial charge < -0.3 is 19.5 Å². The molecule has 1 N–H and O–H groups in total. The highest BCUT2D eigenvalue weighted by molar-refractivity contribution is 6.28. The summed E-state index contributed by atoms with van der Waals surface area (Å²) in [7, 11) is 0. The summed E-state index contributed by atoms with van der Waals surface area (Å²) in [5, 5.41) is 3.43. The lowest BCUT2D eigenvalue weighted by molar-refractivity contribution is 0.122. The van der Waals surface area contributed by atoms with Gasteiger partial charge >= 0.3 is 0 Å². The summed E-state index contributed by atoms with van der Waals surface area (Å²) >= 11 is 6.18. The molecule has 1 fully saturated rings. The van der Waals surface area contributed by atoms with Crippen LogP contribution in [0.25, 0.3) is 11.0 Å². The molecule has 8 nitrogen and oxygen atoms in total. The van der Waals surface area contributed by atoms with Gasteiger partial charge in [-0.1, -0.05) is 30.3 Å². The van der Waals surface area contributed by atoms with Crippen LogP contribution in [0.2, 0.25) is 5.28 Å². The quantitative estimate of drug-likeness (QED) is 0.510. The topological polar surface area (TPSA) is 81.0 Å². The number of halogens is 1. The summed E-state index contributed by atoms with van der Waals surface area (Å²) in [6, 6.07) is 16.4. The van der Waals surface area contributed by atoms with E-state index < -0.39 is 0 Å². The molecule has 2 aromatic heterocycles. The molecule has 5 rings (SSSR count). The summed E-state index contributed by atoms with van der Waals surface area (Å²) in [5.41, 5.74) is 4.07. The van der Waals surface area contributed by atoms with Crippen LogP contribution in [0.3, 0.4) is 0 Å². The van der Waals surface area contributed by atoms with Gasteiger partial charge in [-0.2, -0.15) is 15.0 Å². The maximum atomic E-state index is 6.18. The molecule has 0 radical (unpaired) electrons. The Morgan fingerprint density at radius 1 is 1.00 bits per heavy atom. The van der Waals surface area contributed by atoms with Crippen molar-refractivity contribution in [2.75, 3.05) is 36.5 Å². The third kappa shape index (κ3) is 4.30. The number of aryl methyl sites for hydroxylation is 1. The molecule has 3 heterocycles. The molecule has 31 heavy (non-hydrogen) atoms. The molecule has 0 atom stereocenters. The predicted octanol–water partition coefficient (Wildman–Crippen LogP) is 3.81. The lowest BCUT2D eigenvalue weighted by Crippen LogP contribution is -2.37. The smallest absolute Gasteiger partial charge is 0.233 e. The first kappa shape index (κ1) is 19.7. The van der Waals surface area contributed by atoms with Gasteiger partial charge in [-0.3, -0.25) is 0 Å². The second-order valence-electron chi connectivity index (χ2n) is 7.39. The van der Waals surface area contributed by atoms with Gasteiger partial charge in [-0.25, -0.2) is 4.98 Å². The molecule has 2 aromatic carbocycles. The molecule has 0 unspecified atom stereocenters. The second-order valence-corrected chi connectivity index (χ2v) is 7.72. The van der Waals surface area contributed by atoms with Crippen molar-refractivity contribution >= 4 is 40.2 Å². The minimum absolute atomic E-state index is 0.157. The summed E-state index contributed by atoms with van der Waals surface area (Å²) in [4.78, 5) is 19.8. The molecule has 0 amide bonds. The number of morpholine rings is 1. The minimum atomic E-state index is 0.157. The van der Waals surface area contributed by atoms with Gasteiger partial charge in [-0.05, 0) is 42.3 Å². The Morgan fingerprint density at radius 2 is 1.81 bits per heavy atom. The first-order valence-electron chi connectivity index (χ1n) is 10.2. The number of aromatic nitrogens is 5. The number of benzene rings is 2. The van der Waals surface area contributed by atoms with Gasteiger partial charge in [0.1, 0.15) is 5.82 Å². The lowest BCUT2D eigenvalue weighted by atomic mass is 10.2. The first-order chi connectivity index (χ1) is 15.2. The van der Waals surface area contributed by atoms with E-state index in [1.165, 1.54) is 5.56 Å². The standard InChI is InChI=1S/C22H22ClN7O/c1-15-24-18-8-7-17(13-19(18)30(15)14-16-5-3-2-4-6-16)25-21-26-20(23)27-22(28-21)29-9-11-31-12-10-29/h2-8,13H,9-12,14H2,1H3,(H,25,26,27,28). The summed E-state index contributed by atoms with van der Waals surface area (Å²) in [6.45, 7) is 5.52. The zero-order chi connectivity index (χ0) is 21.2. The van der Waals surface area contributed by atoms with Crippen LogP contribution in [0.4, 0.5) is 17.6 Å². The molecular weight excluding hydrogens is 414 g/mol. The number of imidazole rings is 1. The minimum Gasteiger partial charge on any atom is -0.378 e. The van der Waals surface area contributed by atoms with Gasteiger partial charge in [0, 0.05) is 25.3 Å². The van der Waals surface area contributed by atoms with Crippen LogP contribution in [0, 0.1) is 6.92 Å². The molecule has 9 heteroatoms. The van der Waals surface area contributed by atoms with E-state index in [9.17, 15) is 0 Å². The van der Waals surface area contributed by atoms with Crippen LogP contribution in [0.15, 0.2) is 48.5 Å². The third-order valence-corrected chi connectivity index (χ3v) is 5.44. The van der Waals surface area contributed by atoms with Gasteiger partial charge in [0.2, 0.25) is 17.2 Å². The number of nitrogens with zero attached hydrogens (tertiary/aromatic N) is 6. The summed E-state index contributed by atoms with van der Waals surface area (Å²) < 4.78 is 7.61. The maximum absolute atomic E-state index is 6.18. The second kappa shape index (κ2) is 8.49. The van der Waals surface area contributed by atoms with Crippen molar-refractivity contribution in [3.05, 3.63) is 65.2 Å². The van der Waals surface area contributed by atoms with Crippen LogP contribution < -0.4 is 10.2 Å². The summed E-state index contributed by atoms with van der Waals surface area (Å²) in [6.07, 6.45) is 0. The van der Waals surface area contributed by atoms with Crippen molar-refractivity contribution in [2.45, 2.75) is 13.5 Å². The molecule has 1 aliphatic rings. The number of fused-ring (bicyclic) bond motifs is 1. The molecule has 4 aromatic rings. The van der Waals surface area contributed by atoms with Crippen LogP contribution in [0.5, 0.6) is 0 Å². The van der Waals surface area contributed by atoms with E-state index in [0.29, 0.717) is 25.1 Å². The first-order valence-corrected chi connectivity index (χ1v) is 10.6. The van der Waals surface area contributed by atoms with E-state index in [1.807, 2.05) is 42.2 Å². The fourth-order valence-electron chi connectivity index (χ4n) is 3.72.